The molecule has 0 N–H and O–H groups in total. The highest BCUT2D eigenvalue weighted by atomic mass is 14.3. The summed E-state index contributed by atoms with van der Waals surface area (Å²) in [6.45, 7) is 0. The molecule has 0 aromatic heterocycles. The van der Waals surface area contributed by atoms with Crippen molar-refractivity contribution in [2.24, 2.45) is 0 Å². The highest BCUT2D eigenvalue weighted by molar-refractivity contribution is 5.35. The first-order valence-corrected chi connectivity index (χ1v) is 3.90. The minimum Gasteiger partial charge on any atom is -0.192 e. The van der Waals surface area contributed by atoms with Gasteiger partial charge in [0.1, 0.15) is 0 Å². The van der Waals surface area contributed by atoms with Gasteiger partial charge in [0.05, 0.1) is 11.6 Å². The van der Waals surface area contributed by atoms with E-state index in [2.05, 4.69) is 12.1 Å². The number of nitriles is 1. The molecule has 54 valence electrons. The lowest BCUT2D eigenvalue weighted by atomic mass is 10.1. The fourth-order valence-corrected chi connectivity index (χ4v) is 1.28. The predicted octanol–water partition coefficient (Wildman–Crippen LogP) is 2.44. The van der Waals surface area contributed by atoms with Crippen LogP contribution in [0.3, 0.4) is 0 Å². The molecule has 0 atom stereocenters. The zero-order chi connectivity index (χ0) is 7.68. The fourth-order valence-electron chi connectivity index (χ4n) is 1.28. The molecule has 11 heavy (non-hydrogen) atoms. The third-order valence-corrected chi connectivity index (χ3v) is 2.06. The van der Waals surface area contributed by atoms with E-state index in [9.17, 15) is 0 Å². The van der Waals surface area contributed by atoms with E-state index in [0.29, 0.717) is 0 Å². The first-order valence-electron chi connectivity index (χ1n) is 3.90. The molecule has 1 aromatic rings. The van der Waals surface area contributed by atoms with E-state index in [1.807, 2.05) is 18.2 Å². The first kappa shape index (κ1) is 6.42. The van der Waals surface area contributed by atoms with Crippen LogP contribution in [0.4, 0.5) is 0 Å². The van der Waals surface area contributed by atoms with Crippen molar-refractivity contribution in [2.45, 2.75) is 18.8 Å². The second-order valence-corrected chi connectivity index (χ2v) is 3.01. The van der Waals surface area contributed by atoms with E-state index < -0.39 is 0 Å². The van der Waals surface area contributed by atoms with Gasteiger partial charge in [-0.25, -0.2) is 0 Å². The second kappa shape index (κ2) is 2.39. The largest absolute Gasteiger partial charge is 0.192 e. The van der Waals surface area contributed by atoms with Gasteiger partial charge in [0.15, 0.2) is 0 Å². The normalized spacial score (nSPS) is 15.9. The molecule has 1 heteroatoms. The molecule has 0 spiro atoms. The van der Waals surface area contributed by atoms with Gasteiger partial charge in [-0.2, -0.15) is 5.26 Å². The van der Waals surface area contributed by atoms with Crippen LogP contribution in [0.1, 0.15) is 29.9 Å². The highest BCUT2D eigenvalue weighted by Crippen LogP contribution is 2.39. The van der Waals surface area contributed by atoms with Gasteiger partial charge >= 0.3 is 0 Å². The van der Waals surface area contributed by atoms with Gasteiger partial charge in [0, 0.05) is 0 Å². The van der Waals surface area contributed by atoms with Gasteiger partial charge < -0.3 is 0 Å². The summed E-state index contributed by atoms with van der Waals surface area (Å²) in [5.41, 5.74) is 2.12. The van der Waals surface area contributed by atoms with Gasteiger partial charge in [-0.05, 0) is 36.5 Å². The van der Waals surface area contributed by atoms with Crippen LogP contribution in [0.2, 0.25) is 0 Å². The second-order valence-electron chi connectivity index (χ2n) is 3.01. The molecule has 0 heterocycles. The molecule has 2 rings (SSSR count). The summed E-state index contributed by atoms with van der Waals surface area (Å²) in [6, 6.07) is 10.1. The van der Waals surface area contributed by atoms with Crippen LogP contribution in [-0.4, -0.2) is 0 Å². The van der Waals surface area contributed by atoms with Crippen LogP contribution < -0.4 is 0 Å². The predicted molar refractivity (Wildman–Crippen MR) is 43.1 cm³/mol. The topological polar surface area (TPSA) is 23.8 Å². The van der Waals surface area contributed by atoms with E-state index in [1.165, 1.54) is 18.4 Å². The Morgan fingerprint density at radius 1 is 1.36 bits per heavy atom. The first-order chi connectivity index (χ1) is 5.40. The Bertz CT molecular complexity index is 305. The van der Waals surface area contributed by atoms with Gasteiger partial charge in [0.2, 0.25) is 0 Å². The zero-order valence-electron chi connectivity index (χ0n) is 6.25. The van der Waals surface area contributed by atoms with Crippen LogP contribution in [0.5, 0.6) is 0 Å². The quantitative estimate of drug-likeness (QED) is 0.592. The maximum atomic E-state index is 8.61. The van der Waals surface area contributed by atoms with Gasteiger partial charge in [-0.1, -0.05) is 12.1 Å². The lowest BCUT2D eigenvalue weighted by Crippen LogP contribution is -1.79. The third kappa shape index (κ3) is 1.25. The molecule has 0 radical (unpaired) electrons. The Morgan fingerprint density at radius 3 is 2.82 bits per heavy atom. The SMILES string of the molecule is N#Cc1cccc(C2CC2)c1. The lowest BCUT2D eigenvalue weighted by Gasteiger charge is -1.95. The molecule has 1 nitrogen and oxygen atoms in total. The fraction of sp³-hybridized carbons (Fsp3) is 0.300. The number of rotatable bonds is 1. The molecule has 1 fully saturated rings. The third-order valence-electron chi connectivity index (χ3n) is 2.06. The molecule has 0 bridgehead atoms. The summed E-state index contributed by atoms with van der Waals surface area (Å²) >= 11 is 0. The summed E-state index contributed by atoms with van der Waals surface area (Å²) in [5.74, 6) is 0.753. The van der Waals surface area contributed by atoms with Gasteiger partial charge in [-0.3, -0.25) is 0 Å². The smallest absolute Gasteiger partial charge is 0.0991 e. The number of hydrogen-bond donors (Lipinski definition) is 0. The van der Waals surface area contributed by atoms with E-state index in [4.69, 9.17) is 5.26 Å². The summed E-state index contributed by atoms with van der Waals surface area (Å²) in [5, 5.41) is 8.61. The molecule has 1 saturated carbocycles. The van der Waals surface area contributed by atoms with Crippen LogP contribution in [0.25, 0.3) is 0 Å². The summed E-state index contributed by atoms with van der Waals surface area (Å²) in [4.78, 5) is 0. The van der Waals surface area contributed by atoms with Gasteiger partial charge in [-0.15, -0.1) is 0 Å². The van der Waals surface area contributed by atoms with Crippen LogP contribution in [-0.2, 0) is 0 Å². The zero-order valence-corrected chi connectivity index (χ0v) is 6.25. The number of hydrogen-bond acceptors (Lipinski definition) is 1. The molecule has 1 aliphatic carbocycles. The Balaban J connectivity index is 2.35. The van der Waals surface area contributed by atoms with Crippen molar-refractivity contribution in [1.29, 1.82) is 5.26 Å². The molecule has 0 unspecified atom stereocenters. The average Bonchev–Trinajstić information content (AvgIpc) is 2.87. The minimum atomic E-state index is 0.753. The molecular formula is C10H9N. The van der Waals surface area contributed by atoms with Crippen LogP contribution >= 0.6 is 0 Å². The number of benzene rings is 1. The van der Waals surface area contributed by atoms with Crippen LogP contribution in [0, 0.1) is 11.3 Å². The maximum Gasteiger partial charge on any atom is 0.0991 e. The van der Waals surface area contributed by atoms with Crippen LogP contribution in [0.15, 0.2) is 24.3 Å². The summed E-state index contributed by atoms with van der Waals surface area (Å²) < 4.78 is 0. The Kier molecular flexibility index (Phi) is 1.40. The molecule has 1 aliphatic rings. The number of nitrogens with zero attached hydrogens (tertiary/aromatic N) is 1. The van der Waals surface area contributed by atoms with Crippen molar-refractivity contribution in [3.63, 3.8) is 0 Å². The molecule has 1 aromatic carbocycles. The van der Waals surface area contributed by atoms with E-state index in [0.717, 1.165) is 11.5 Å². The lowest BCUT2D eigenvalue weighted by molar-refractivity contribution is 1.13. The van der Waals surface area contributed by atoms with Crippen molar-refractivity contribution in [3.05, 3.63) is 35.4 Å². The van der Waals surface area contributed by atoms with Crippen molar-refractivity contribution in [2.75, 3.05) is 0 Å². The molecule has 0 saturated heterocycles. The molecule has 0 aliphatic heterocycles. The Labute approximate surface area is 66.3 Å². The monoisotopic (exact) mass is 143 g/mol. The van der Waals surface area contributed by atoms with E-state index >= 15 is 0 Å². The van der Waals surface area contributed by atoms with Gasteiger partial charge in [0.25, 0.3) is 0 Å². The Morgan fingerprint density at radius 2 is 2.18 bits per heavy atom. The van der Waals surface area contributed by atoms with E-state index in [1.54, 1.807) is 0 Å². The molecular weight excluding hydrogens is 134 g/mol. The van der Waals surface area contributed by atoms with Crippen molar-refractivity contribution < 1.29 is 0 Å². The standard InChI is InChI=1S/C10H9N/c11-7-8-2-1-3-10(6-8)9-4-5-9/h1-3,6,9H,4-5H2. The van der Waals surface area contributed by atoms with Crippen molar-refractivity contribution >= 4 is 0 Å². The average molecular weight is 143 g/mol. The summed E-state index contributed by atoms with van der Waals surface area (Å²) in [7, 11) is 0. The minimum absolute atomic E-state index is 0.753. The molecule has 0 amide bonds. The Hall–Kier alpha value is -1.29. The highest BCUT2D eigenvalue weighted by Gasteiger charge is 2.23. The van der Waals surface area contributed by atoms with Crippen molar-refractivity contribution in [1.82, 2.24) is 0 Å². The maximum absolute atomic E-state index is 8.61. The summed E-state index contributed by atoms with van der Waals surface area (Å²) in [6.07, 6.45) is 2.60. The van der Waals surface area contributed by atoms with E-state index in [-0.39, 0.29) is 0 Å². The van der Waals surface area contributed by atoms with Crippen molar-refractivity contribution in [3.8, 4) is 6.07 Å².